The van der Waals surface area contributed by atoms with Gasteiger partial charge in [0.15, 0.2) is 0 Å². The Hall–Kier alpha value is -2.69. The third kappa shape index (κ3) is 2.77. The normalized spacial score (nSPS) is 9.95. The van der Waals surface area contributed by atoms with Gasteiger partial charge in [-0.2, -0.15) is 0 Å². The molecule has 2 aromatic rings. The lowest BCUT2D eigenvalue weighted by atomic mass is 10.1. The zero-order valence-electron chi connectivity index (χ0n) is 10.2. The number of esters is 1. The molecule has 0 spiro atoms. The van der Waals surface area contributed by atoms with Crippen molar-refractivity contribution in [2.45, 2.75) is 0 Å². The molecule has 0 saturated heterocycles. The molecule has 0 atom stereocenters. The van der Waals surface area contributed by atoms with Crippen molar-refractivity contribution in [2.75, 3.05) is 7.11 Å². The van der Waals surface area contributed by atoms with E-state index in [1.807, 2.05) is 0 Å². The minimum absolute atomic E-state index is 0.0189. The molecule has 0 bridgehead atoms. The summed E-state index contributed by atoms with van der Waals surface area (Å²) in [5.41, 5.74) is 1.68. The molecule has 0 aliphatic rings. The molecule has 0 saturated carbocycles. The molecule has 19 heavy (non-hydrogen) atoms. The number of methoxy groups -OCH3 is 1. The van der Waals surface area contributed by atoms with Gasteiger partial charge in [0.2, 0.25) is 0 Å². The van der Waals surface area contributed by atoms with E-state index in [1.54, 1.807) is 36.4 Å². The fourth-order valence-electron chi connectivity index (χ4n) is 1.61. The van der Waals surface area contributed by atoms with Gasteiger partial charge in [-0.05, 0) is 24.3 Å². The lowest BCUT2D eigenvalue weighted by Crippen LogP contribution is -2.02. The van der Waals surface area contributed by atoms with E-state index in [2.05, 4.69) is 9.72 Å². The molecule has 0 aliphatic heterocycles. The first-order chi connectivity index (χ1) is 9.11. The van der Waals surface area contributed by atoms with Crippen LogP contribution in [-0.2, 0) is 4.74 Å². The predicted octanol–water partition coefficient (Wildman–Crippen LogP) is 2.23. The largest absolute Gasteiger partial charge is 0.477 e. The Morgan fingerprint density at radius 1 is 1.11 bits per heavy atom. The number of aromatic carboxylic acids is 1. The second kappa shape index (κ2) is 5.30. The number of carbonyl (C=O) groups is 2. The van der Waals surface area contributed by atoms with Gasteiger partial charge in [-0.1, -0.05) is 18.2 Å². The van der Waals surface area contributed by atoms with Gasteiger partial charge in [-0.25, -0.2) is 14.6 Å². The molecule has 0 fully saturated rings. The van der Waals surface area contributed by atoms with Gasteiger partial charge >= 0.3 is 11.9 Å². The molecule has 0 aliphatic carbocycles. The molecule has 2 rings (SSSR count). The lowest BCUT2D eigenvalue weighted by molar-refractivity contribution is 0.0600. The number of carbonyl (C=O) groups excluding carboxylic acids is 1. The zero-order chi connectivity index (χ0) is 13.8. The van der Waals surface area contributed by atoms with Gasteiger partial charge in [-0.3, -0.25) is 0 Å². The van der Waals surface area contributed by atoms with E-state index in [-0.39, 0.29) is 5.69 Å². The van der Waals surface area contributed by atoms with Crippen LogP contribution in [0.5, 0.6) is 0 Å². The molecule has 0 radical (unpaired) electrons. The number of nitrogens with zero attached hydrogens (tertiary/aromatic N) is 1. The second-order valence-corrected chi connectivity index (χ2v) is 3.78. The Kier molecular flexibility index (Phi) is 3.56. The van der Waals surface area contributed by atoms with Crippen molar-refractivity contribution in [1.82, 2.24) is 4.98 Å². The average molecular weight is 257 g/mol. The molecule has 5 heteroatoms. The molecule has 1 N–H and O–H groups in total. The summed E-state index contributed by atoms with van der Waals surface area (Å²) >= 11 is 0. The number of benzene rings is 1. The van der Waals surface area contributed by atoms with Gasteiger partial charge < -0.3 is 9.84 Å². The van der Waals surface area contributed by atoms with Gasteiger partial charge in [0.25, 0.3) is 0 Å². The van der Waals surface area contributed by atoms with Gasteiger partial charge in [0.05, 0.1) is 18.4 Å². The number of rotatable bonds is 3. The van der Waals surface area contributed by atoms with Crippen LogP contribution in [0.15, 0.2) is 42.5 Å². The minimum atomic E-state index is -1.08. The molecular formula is C14H11NO4. The quantitative estimate of drug-likeness (QED) is 0.853. The summed E-state index contributed by atoms with van der Waals surface area (Å²) in [6.45, 7) is 0. The summed E-state index contributed by atoms with van der Waals surface area (Å²) in [6.07, 6.45) is 0. The maximum Gasteiger partial charge on any atom is 0.354 e. The van der Waals surface area contributed by atoms with Gasteiger partial charge in [0, 0.05) is 5.56 Å². The van der Waals surface area contributed by atoms with Crippen LogP contribution < -0.4 is 0 Å². The molecule has 96 valence electrons. The first-order valence-corrected chi connectivity index (χ1v) is 5.51. The highest BCUT2D eigenvalue weighted by Crippen LogP contribution is 2.18. The molecule has 5 nitrogen and oxygen atoms in total. The van der Waals surface area contributed by atoms with E-state index in [0.29, 0.717) is 11.3 Å². The number of aromatic nitrogens is 1. The summed E-state index contributed by atoms with van der Waals surface area (Å²) in [6, 6.07) is 11.4. The van der Waals surface area contributed by atoms with Crippen molar-refractivity contribution < 1.29 is 19.4 Å². The van der Waals surface area contributed by atoms with E-state index in [9.17, 15) is 9.59 Å². The maximum absolute atomic E-state index is 11.3. The van der Waals surface area contributed by atoms with E-state index in [4.69, 9.17) is 5.11 Å². The third-order valence-corrected chi connectivity index (χ3v) is 2.57. The monoisotopic (exact) mass is 257 g/mol. The zero-order valence-corrected chi connectivity index (χ0v) is 10.2. The SMILES string of the molecule is COC(=O)c1ccc(-c2cccc(C(=O)O)n2)cc1. The maximum atomic E-state index is 11.3. The summed E-state index contributed by atoms with van der Waals surface area (Å²) < 4.78 is 4.60. The Bertz CT molecular complexity index is 620. The first-order valence-electron chi connectivity index (χ1n) is 5.51. The molecular weight excluding hydrogens is 246 g/mol. The van der Waals surface area contributed by atoms with Crippen molar-refractivity contribution >= 4 is 11.9 Å². The van der Waals surface area contributed by atoms with E-state index < -0.39 is 11.9 Å². The summed E-state index contributed by atoms with van der Waals surface area (Å²) in [5, 5.41) is 8.88. The predicted molar refractivity (Wildman–Crippen MR) is 68.0 cm³/mol. The molecule has 1 aromatic carbocycles. The first kappa shape index (κ1) is 12.8. The summed E-state index contributed by atoms with van der Waals surface area (Å²) in [5.74, 6) is -1.49. The lowest BCUT2D eigenvalue weighted by Gasteiger charge is -2.03. The Morgan fingerprint density at radius 3 is 2.37 bits per heavy atom. The van der Waals surface area contributed by atoms with Gasteiger partial charge in [-0.15, -0.1) is 0 Å². The fraction of sp³-hybridized carbons (Fsp3) is 0.0714. The van der Waals surface area contributed by atoms with E-state index in [1.165, 1.54) is 13.2 Å². The number of hydrogen-bond acceptors (Lipinski definition) is 4. The topological polar surface area (TPSA) is 76.5 Å². The van der Waals surface area contributed by atoms with Crippen LogP contribution in [0.25, 0.3) is 11.3 Å². The van der Waals surface area contributed by atoms with Crippen molar-refractivity contribution in [2.24, 2.45) is 0 Å². The molecule has 1 aromatic heterocycles. The van der Waals surface area contributed by atoms with Crippen LogP contribution >= 0.6 is 0 Å². The van der Waals surface area contributed by atoms with Crippen LogP contribution in [0, 0.1) is 0 Å². The summed E-state index contributed by atoms with van der Waals surface area (Å²) in [4.78, 5) is 26.2. The standard InChI is InChI=1S/C14H11NO4/c1-19-14(18)10-7-5-9(6-8-10)11-3-2-4-12(15-11)13(16)17/h2-8H,1H3,(H,16,17). The third-order valence-electron chi connectivity index (χ3n) is 2.57. The molecule has 0 amide bonds. The minimum Gasteiger partial charge on any atom is -0.477 e. The number of hydrogen-bond donors (Lipinski definition) is 1. The van der Waals surface area contributed by atoms with Crippen molar-refractivity contribution in [3.8, 4) is 11.3 Å². The average Bonchev–Trinajstić information content (AvgIpc) is 2.46. The second-order valence-electron chi connectivity index (χ2n) is 3.78. The van der Waals surface area contributed by atoms with Crippen LogP contribution in [0.1, 0.15) is 20.8 Å². The summed E-state index contributed by atoms with van der Waals surface area (Å²) in [7, 11) is 1.31. The number of pyridine rings is 1. The highest BCUT2D eigenvalue weighted by molar-refractivity contribution is 5.90. The van der Waals surface area contributed by atoms with Crippen LogP contribution in [-0.4, -0.2) is 29.1 Å². The van der Waals surface area contributed by atoms with Crippen LogP contribution in [0.3, 0.4) is 0 Å². The fourth-order valence-corrected chi connectivity index (χ4v) is 1.61. The molecule has 1 heterocycles. The van der Waals surface area contributed by atoms with Crippen LogP contribution in [0.4, 0.5) is 0 Å². The smallest absolute Gasteiger partial charge is 0.354 e. The number of ether oxygens (including phenoxy) is 1. The van der Waals surface area contributed by atoms with E-state index >= 15 is 0 Å². The highest BCUT2D eigenvalue weighted by atomic mass is 16.5. The van der Waals surface area contributed by atoms with E-state index in [0.717, 1.165) is 5.56 Å². The van der Waals surface area contributed by atoms with Crippen molar-refractivity contribution in [3.63, 3.8) is 0 Å². The molecule has 0 unspecified atom stereocenters. The highest BCUT2D eigenvalue weighted by Gasteiger charge is 2.08. The Labute approximate surface area is 109 Å². The Morgan fingerprint density at radius 2 is 1.79 bits per heavy atom. The number of carboxylic acids is 1. The van der Waals surface area contributed by atoms with Crippen molar-refractivity contribution in [1.29, 1.82) is 0 Å². The van der Waals surface area contributed by atoms with Crippen LogP contribution in [0.2, 0.25) is 0 Å². The van der Waals surface area contributed by atoms with Crippen molar-refractivity contribution in [3.05, 3.63) is 53.7 Å². The number of carboxylic acid groups (broad SMARTS) is 1. The van der Waals surface area contributed by atoms with Gasteiger partial charge in [0.1, 0.15) is 5.69 Å². The Balaban J connectivity index is 2.34.